The Morgan fingerprint density at radius 1 is 1.00 bits per heavy atom. The summed E-state index contributed by atoms with van der Waals surface area (Å²) in [5.41, 5.74) is -0.00215. The molecule has 0 saturated heterocycles. The van der Waals surface area contributed by atoms with Gasteiger partial charge in [0.25, 0.3) is 5.91 Å². The van der Waals surface area contributed by atoms with Crippen LogP contribution in [0.1, 0.15) is 28.4 Å². The molecule has 0 bridgehead atoms. The van der Waals surface area contributed by atoms with Crippen LogP contribution >= 0.6 is 0 Å². The average molecular weight is 382 g/mol. The van der Waals surface area contributed by atoms with Gasteiger partial charge >= 0.3 is 6.18 Å². The van der Waals surface area contributed by atoms with Crippen LogP contribution in [-0.2, 0) is 17.5 Å². The number of amides is 2. The fourth-order valence-corrected chi connectivity index (χ4v) is 2.38. The zero-order valence-corrected chi connectivity index (χ0v) is 14.5. The molecule has 2 rings (SSSR count). The van der Waals surface area contributed by atoms with Crippen molar-refractivity contribution in [2.75, 3.05) is 13.1 Å². The topological polar surface area (TPSA) is 49.4 Å². The van der Waals surface area contributed by atoms with Crippen molar-refractivity contribution in [2.24, 2.45) is 0 Å². The van der Waals surface area contributed by atoms with Gasteiger partial charge in [0.1, 0.15) is 5.82 Å². The van der Waals surface area contributed by atoms with Crippen molar-refractivity contribution >= 4 is 11.8 Å². The summed E-state index contributed by atoms with van der Waals surface area (Å²) < 4.78 is 50.5. The van der Waals surface area contributed by atoms with E-state index in [2.05, 4.69) is 5.32 Å². The molecular weight excluding hydrogens is 364 g/mol. The first-order chi connectivity index (χ1) is 12.7. The summed E-state index contributed by atoms with van der Waals surface area (Å²) >= 11 is 0. The fraction of sp³-hybridized carbons (Fsp3) is 0.263. The smallest absolute Gasteiger partial charge is 0.350 e. The zero-order valence-electron chi connectivity index (χ0n) is 14.5. The van der Waals surface area contributed by atoms with E-state index >= 15 is 0 Å². The zero-order chi connectivity index (χ0) is 20.0. The van der Waals surface area contributed by atoms with Gasteiger partial charge in [0.2, 0.25) is 5.91 Å². The molecule has 4 nitrogen and oxygen atoms in total. The van der Waals surface area contributed by atoms with E-state index in [1.54, 1.807) is 12.1 Å². The van der Waals surface area contributed by atoms with Gasteiger partial charge in [0.05, 0.1) is 5.56 Å². The number of alkyl halides is 3. The minimum Gasteiger partial charge on any atom is -0.350 e. The molecule has 0 aliphatic carbocycles. The van der Waals surface area contributed by atoms with Crippen LogP contribution in [0.5, 0.6) is 0 Å². The molecule has 27 heavy (non-hydrogen) atoms. The van der Waals surface area contributed by atoms with Crippen LogP contribution < -0.4 is 5.32 Å². The highest BCUT2D eigenvalue weighted by atomic mass is 19.4. The summed E-state index contributed by atoms with van der Waals surface area (Å²) in [6.45, 7) is 1.96. The van der Waals surface area contributed by atoms with Crippen LogP contribution in [0, 0.1) is 5.82 Å². The number of benzene rings is 2. The van der Waals surface area contributed by atoms with Gasteiger partial charge in [-0.05, 0) is 42.0 Å². The first-order valence-corrected chi connectivity index (χ1v) is 8.12. The molecule has 0 atom stereocenters. The third-order valence-corrected chi connectivity index (χ3v) is 3.87. The van der Waals surface area contributed by atoms with E-state index in [4.69, 9.17) is 0 Å². The van der Waals surface area contributed by atoms with Crippen molar-refractivity contribution < 1.29 is 27.2 Å². The monoisotopic (exact) mass is 382 g/mol. The van der Waals surface area contributed by atoms with E-state index in [-0.39, 0.29) is 36.9 Å². The predicted molar refractivity (Wildman–Crippen MR) is 91.3 cm³/mol. The maximum atomic E-state index is 12.9. The summed E-state index contributed by atoms with van der Waals surface area (Å²) in [6.07, 6.45) is -4.46. The molecule has 0 radical (unpaired) electrons. The van der Waals surface area contributed by atoms with Gasteiger partial charge in [-0.25, -0.2) is 4.39 Å². The van der Waals surface area contributed by atoms with Crippen molar-refractivity contribution in [1.29, 1.82) is 0 Å². The van der Waals surface area contributed by atoms with Crippen molar-refractivity contribution in [3.63, 3.8) is 0 Å². The van der Waals surface area contributed by atoms with Crippen LogP contribution in [0.3, 0.4) is 0 Å². The number of halogens is 4. The molecule has 8 heteroatoms. The SMILES string of the molecule is CC(=O)N(CCNC(=O)c1ccc(C(F)(F)F)cc1)Cc1ccc(F)cc1. The summed E-state index contributed by atoms with van der Waals surface area (Å²) in [5, 5.41) is 2.56. The summed E-state index contributed by atoms with van der Waals surface area (Å²) in [6, 6.07) is 9.58. The number of carbonyl (C=O) groups is 2. The Bertz CT molecular complexity index is 787. The quantitative estimate of drug-likeness (QED) is 0.776. The first kappa shape index (κ1) is 20.4. The van der Waals surface area contributed by atoms with E-state index in [0.29, 0.717) is 0 Å². The average Bonchev–Trinajstić information content (AvgIpc) is 2.61. The molecule has 0 aromatic heterocycles. The number of nitrogens with one attached hydrogen (secondary N) is 1. The van der Waals surface area contributed by atoms with Crippen molar-refractivity contribution in [2.45, 2.75) is 19.6 Å². The third-order valence-electron chi connectivity index (χ3n) is 3.87. The molecule has 0 heterocycles. The van der Waals surface area contributed by atoms with Gasteiger partial charge in [-0.3, -0.25) is 9.59 Å². The molecular formula is C19H18F4N2O2. The number of carbonyl (C=O) groups excluding carboxylic acids is 2. The summed E-state index contributed by atoms with van der Waals surface area (Å²) in [7, 11) is 0. The van der Waals surface area contributed by atoms with Gasteiger partial charge in [-0.1, -0.05) is 12.1 Å². The third kappa shape index (κ3) is 6.09. The van der Waals surface area contributed by atoms with E-state index in [0.717, 1.165) is 29.8 Å². The van der Waals surface area contributed by atoms with Crippen molar-refractivity contribution in [3.8, 4) is 0 Å². The standard InChI is InChI=1S/C19H18F4N2O2/c1-13(26)25(12-14-2-8-17(20)9-3-14)11-10-24-18(27)15-4-6-16(7-5-15)19(21,22)23/h2-9H,10-12H2,1H3,(H,24,27). The van der Waals surface area contributed by atoms with Gasteiger partial charge in [0.15, 0.2) is 0 Å². The molecule has 0 spiro atoms. The molecule has 144 valence electrons. The lowest BCUT2D eigenvalue weighted by Gasteiger charge is -2.21. The summed E-state index contributed by atoms with van der Waals surface area (Å²) in [5.74, 6) is -1.13. The van der Waals surface area contributed by atoms with Crippen molar-refractivity contribution in [1.82, 2.24) is 10.2 Å². The highest BCUT2D eigenvalue weighted by Crippen LogP contribution is 2.29. The minimum atomic E-state index is -4.46. The lowest BCUT2D eigenvalue weighted by molar-refractivity contribution is -0.137. The molecule has 0 aliphatic rings. The van der Waals surface area contributed by atoms with Crippen LogP contribution in [0.2, 0.25) is 0 Å². The maximum Gasteiger partial charge on any atom is 0.416 e. The molecule has 1 N–H and O–H groups in total. The number of hydrogen-bond acceptors (Lipinski definition) is 2. The van der Waals surface area contributed by atoms with Crippen LogP contribution in [0.4, 0.5) is 17.6 Å². The molecule has 2 aromatic carbocycles. The number of nitrogens with zero attached hydrogens (tertiary/aromatic N) is 1. The second-order valence-corrected chi connectivity index (χ2v) is 5.90. The normalized spacial score (nSPS) is 11.1. The van der Waals surface area contributed by atoms with Crippen LogP contribution in [0.15, 0.2) is 48.5 Å². The fourth-order valence-electron chi connectivity index (χ4n) is 2.38. The predicted octanol–water partition coefficient (Wildman–Crippen LogP) is 3.62. The van der Waals surface area contributed by atoms with Crippen LogP contribution in [-0.4, -0.2) is 29.8 Å². The Kier molecular flexibility index (Phi) is 6.55. The van der Waals surface area contributed by atoms with E-state index in [1.165, 1.54) is 24.0 Å². The van der Waals surface area contributed by atoms with Gasteiger partial charge < -0.3 is 10.2 Å². The largest absolute Gasteiger partial charge is 0.416 e. The Morgan fingerprint density at radius 2 is 1.59 bits per heavy atom. The molecule has 0 aliphatic heterocycles. The first-order valence-electron chi connectivity index (χ1n) is 8.12. The molecule has 0 unspecified atom stereocenters. The molecule has 2 aromatic rings. The number of rotatable bonds is 6. The Hall–Kier alpha value is -2.90. The van der Waals surface area contributed by atoms with Gasteiger partial charge in [-0.2, -0.15) is 13.2 Å². The lowest BCUT2D eigenvalue weighted by Crippen LogP contribution is -2.37. The molecule has 0 fully saturated rings. The van der Waals surface area contributed by atoms with Gasteiger partial charge in [-0.15, -0.1) is 0 Å². The van der Waals surface area contributed by atoms with Crippen molar-refractivity contribution in [3.05, 3.63) is 71.0 Å². The van der Waals surface area contributed by atoms with E-state index in [1.807, 2.05) is 0 Å². The van der Waals surface area contributed by atoms with Crippen LogP contribution in [0.25, 0.3) is 0 Å². The summed E-state index contributed by atoms with van der Waals surface area (Å²) in [4.78, 5) is 25.2. The lowest BCUT2D eigenvalue weighted by atomic mass is 10.1. The Labute approximate surface area is 153 Å². The maximum absolute atomic E-state index is 12.9. The van der Waals surface area contributed by atoms with Gasteiger partial charge in [0, 0.05) is 32.1 Å². The molecule has 2 amide bonds. The number of hydrogen-bond donors (Lipinski definition) is 1. The molecule has 0 saturated carbocycles. The highest BCUT2D eigenvalue weighted by molar-refractivity contribution is 5.94. The van der Waals surface area contributed by atoms with E-state index in [9.17, 15) is 27.2 Å². The second-order valence-electron chi connectivity index (χ2n) is 5.90. The minimum absolute atomic E-state index is 0.0934. The highest BCUT2D eigenvalue weighted by Gasteiger charge is 2.30. The Morgan fingerprint density at radius 3 is 2.11 bits per heavy atom. The second kappa shape index (κ2) is 8.66. The van der Waals surface area contributed by atoms with E-state index < -0.39 is 17.6 Å². The Balaban J connectivity index is 1.89.